The number of carbonyl (C=O) groups is 1. The predicted octanol–water partition coefficient (Wildman–Crippen LogP) is 2.84. The van der Waals surface area contributed by atoms with E-state index < -0.39 is 0 Å². The first-order chi connectivity index (χ1) is 8.65. The van der Waals surface area contributed by atoms with Gasteiger partial charge in [0.15, 0.2) is 5.76 Å². The number of ether oxygens (including phenoxy) is 2. The summed E-state index contributed by atoms with van der Waals surface area (Å²) in [5.74, 6) is 1.90. The molecule has 0 atom stereocenters. The van der Waals surface area contributed by atoms with Crippen LogP contribution in [0.15, 0.2) is 34.7 Å². The standard InChI is InChI=1S/C14H14O4/c1-9-4-7-12(18-9)14(15)11-6-5-10(16-2)8-13(11)17-3/h4-8H,1-3H3. The van der Waals surface area contributed by atoms with Crippen LogP contribution < -0.4 is 9.47 Å². The lowest BCUT2D eigenvalue weighted by atomic mass is 10.1. The van der Waals surface area contributed by atoms with Crippen molar-refractivity contribution in [3.05, 3.63) is 47.4 Å². The van der Waals surface area contributed by atoms with Crippen molar-refractivity contribution in [2.24, 2.45) is 0 Å². The molecule has 0 fully saturated rings. The molecular formula is C14H14O4. The van der Waals surface area contributed by atoms with Crippen LogP contribution in [0.2, 0.25) is 0 Å². The number of hydrogen-bond acceptors (Lipinski definition) is 4. The van der Waals surface area contributed by atoms with E-state index in [1.165, 1.54) is 7.11 Å². The lowest BCUT2D eigenvalue weighted by Gasteiger charge is -2.08. The van der Waals surface area contributed by atoms with Gasteiger partial charge in [-0.25, -0.2) is 0 Å². The molecule has 0 saturated carbocycles. The Labute approximate surface area is 105 Å². The molecule has 0 N–H and O–H groups in total. The van der Waals surface area contributed by atoms with E-state index in [-0.39, 0.29) is 5.78 Å². The highest BCUT2D eigenvalue weighted by molar-refractivity contribution is 6.09. The molecule has 0 saturated heterocycles. The van der Waals surface area contributed by atoms with E-state index in [1.54, 1.807) is 44.4 Å². The molecule has 0 aliphatic rings. The van der Waals surface area contributed by atoms with Crippen LogP contribution in [0, 0.1) is 6.92 Å². The zero-order valence-corrected chi connectivity index (χ0v) is 10.5. The average molecular weight is 246 g/mol. The summed E-state index contributed by atoms with van der Waals surface area (Å²) < 4.78 is 15.6. The molecule has 0 aliphatic heterocycles. The molecule has 0 unspecified atom stereocenters. The molecule has 0 spiro atoms. The van der Waals surface area contributed by atoms with Crippen molar-refractivity contribution in [1.82, 2.24) is 0 Å². The quantitative estimate of drug-likeness (QED) is 0.778. The summed E-state index contributed by atoms with van der Waals surface area (Å²) in [6.45, 7) is 1.79. The summed E-state index contributed by atoms with van der Waals surface area (Å²) in [6, 6.07) is 8.46. The van der Waals surface area contributed by atoms with Crippen LogP contribution in [-0.2, 0) is 0 Å². The van der Waals surface area contributed by atoms with E-state index in [0.717, 1.165) is 0 Å². The van der Waals surface area contributed by atoms with E-state index in [4.69, 9.17) is 13.9 Å². The van der Waals surface area contributed by atoms with E-state index in [9.17, 15) is 4.79 Å². The Morgan fingerprint density at radius 3 is 2.44 bits per heavy atom. The van der Waals surface area contributed by atoms with Crippen LogP contribution in [0.3, 0.4) is 0 Å². The number of furan rings is 1. The Kier molecular flexibility index (Phi) is 3.37. The van der Waals surface area contributed by atoms with Gasteiger partial charge in [0.1, 0.15) is 17.3 Å². The molecule has 0 bridgehead atoms. The number of ketones is 1. The Balaban J connectivity index is 2.41. The van der Waals surface area contributed by atoms with Crippen molar-refractivity contribution >= 4 is 5.78 Å². The molecule has 18 heavy (non-hydrogen) atoms. The van der Waals surface area contributed by atoms with Gasteiger partial charge in [-0.05, 0) is 31.2 Å². The molecular weight excluding hydrogens is 232 g/mol. The van der Waals surface area contributed by atoms with Gasteiger partial charge in [-0.2, -0.15) is 0 Å². The number of aryl methyl sites for hydroxylation is 1. The normalized spacial score (nSPS) is 10.2. The third kappa shape index (κ3) is 2.22. The first-order valence-corrected chi connectivity index (χ1v) is 5.49. The second-order valence-electron chi connectivity index (χ2n) is 3.81. The topological polar surface area (TPSA) is 48.7 Å². The van der Waals surface area contributed by atoms with E-state index in [0.29, 0.717) is 28.6 Å². The van der Waals surface area contributed by atoms with Gasteiger partial charge in [-0.3, -0.25) is 4.79 Å². The van der Waals surface area contributed by atoms with Crippen LogP contribution >= 0.6 is 0 Å². The molecule has 1 aromatic carbocycles. The molecule has 2 aromatic rings. The summed E-state index contributed by atoms with van der Waals surface area (Å²) >= 11 is 0. The summed E-state index contributed by atoms with van der Waals surface area (Å²) in [5, 5.41) is 0. The maximum atomic E-state index is 12.2. The van der Waals surface area contributed by atoms with Crippen LogP contribution in [0.5, 0.6) is 11.5 Å². The zero-order valence-electron chi connectivity index (χ0n) is 10.5. The largest absolute Gasteiger partial charge is 0.497 e. The number of methoxy groups -OCH3 is 2. The summed E-state index contributed by atoms with van der Waals surface area (Å²) in [4.78, 5) is 12.2. The zero-order chi connectivity index (χ0) is 13.1. The number of benzene rings is 1. The lowest BCUT2D eigenvalue weighted by molar-refractivity contribution is 0.100. The molecule has 2 rings (SSSR count). The van der Waals surface area contributed by atoms with Gasteiger partial charge in [0.2, 0.25) is 5.78 Å². The summed E-state index contributed by atoms with van der Waals surface area (Å²) in [5.41, 5.74) is 0.452. The van der Waals surface area contributed by atoms with Gasteiger partial charge in [0.25, 0.3) is 0 Å². The Morgan fingerprint density at radius 1 is 1.11 bits per heavy atom. The highest BCUT2D eigenvalue weighted by atomic mass is 16.5. The first kappa shape index (κ1) is 12.2. The third-order valence-corrected chi connectivity index (χ3v) is 2.62. The second-order valence-corrected chi connectivity index (χ2v) is 3.81. The van der Waals surface area contributed by atoms with Crippen molar-refractivity contribution in [1.29, 1.82) is 0 Å². The van der Waals surface area contributed by atoms with Crippen LogP contribution in [0.25, 0.3) is 0 Å². The maximum Gasteiger partial charge on any atom is 0.231 e. The lowest BCUT2D eigenvalue weighted by Crippen LogP contribution is -2.03. The monoisotopic (exact) mass is 246 g/mol. The fourth-order valence-corrected chi connectivity index (χ4v) is 1.68. The second kappa shape index (κ2) is 4.96. The number of carbonyl (C=O) groups excluding carboxylic acids is 1. The van der Waals surface area contributed by atoms with Crippen LogP contribution in [-0.4, -0.2) is 20.0 Å². The van der Waals surface area contributed by atoms with Gasteiger partial charge in [-0.1, -0.05) is 0 Å². The fraction of sp³-hybridized carbons (Fsp3) is 0.214. The molecule has 0 aliphatic carbocycles. The molecule has 4 nitrogen and oxygen atoms in total. The number of rotatable bonds is 4. The van der Waals surface area contributed by atoms with Crippen molar-refractivity contribution in [3.63, 3.8) is 0 Å². The van der Waals surface area contributed by atoms with Gasteiger partial charge in [0, 0.05) is 6.07 Å². The molecule has 0 radical (unpaired) electrons. The van der Waals surface area contributed by atoms with Crippen molar-refractivity contribution < 1.29 is 18.7 Å². The minimum absolute atomic E-state index is 0.206. The van der Waals surface area contributed by atoms with E-state index in [1.807, 2.05) is 0 Å². The first-order valence-electron chi connectivity index (χ1n) is 5.49. The molecule has 1 aromatic heterocycles. The molecule has 4 heteroatoms. The Morgan fingerprint density at radius 2 is 1.89 bits per heavy atom. The van der Waals surface area contributed by atoms with Gasteiger partial charge in [-0.15, -0.1) is 0 Å². The molecule has 94 valence electrons. The van der Waals surface area contributed by atoms with Gasteiger partial charge in [0.05, 0.1) is 19.8 Å². The van der Waals surface area contributed by atoms with Gasteiger partial charge >= 0.3 is 0 Å². The minimum atomic E-state index is -0.206. The summed E-state index contributed by atoms with van der Waals surface area (Å²) in [7, 11) is 3.07. The van der Waals surface area contributed by atoms with Crippen LogP contribution in [0.4, 0.5) is 0 Å². The maximum absolute atomic E-state index is 12.2. The third-order valence-electron chi connectivity index (χ3n) is 2.62. The highest BCUT2D eigenvalue weighted by Crippen LogP contribution is 2.27. The summed E-state index contributed by atoms with van der Waals surface area (Å²) in [6.07, 6.45) is 0. The molecule has 1 heterocycles. The average Bonchev–Trinajstić information content (AvgIpc) is 2.83. The minimum Gasteiger partial charge on any atom is -0.497 e. The van der Waals surface area contributed by atoms with Crippen molar-refractivity contribution in [3.8, 4) is 11.5 Å². The van der Waals surface area contributed by atoms with Gasteiger partial charge < -0.3 is 13.9 Å². The van der Waals surface area contributed by atoms with Crippen LogP contribution in [0.1, 0.15) is 21.9 Å². The smallest absolute Gasteiger partial charge is 0.231 e. The number of hydrogen-bond donors (Lipinski definition) is 0. The fourth-order valence-electron chi connectivity index (χ4n) is 1.68. The van der Waals surface area contributed by atoms with E-state index >= 15 is 0 Å². The Bertz CT molecular complexity index is 569. The van der Waals surface area contributed by atoms with E-state index in [2.05, 4.69) is 0 Å². The highest BCUT2D eigenvalue weighted by Gasteiger charge is 2.18. The van der Waals surface area contributed by atoms with Crippen molar-refractivity contribution in [2.75, 3.05) is 14.2 Å². The molecule has 0 amide bonds. The predicted molar refractivity (Wildman–Crippen MR) is 66.4 cm³/mol. The van der Waals surface area contributed by atoms with Crippen molar-refractivity contribution in [2.45, 2.75) is 6.92 Å². The Hall–Kier alpha value is -2.23. The SMILES string of the molecule is COc1ccc(C(=O)c2ccc(C)o2)c(OC)c1.